The first kappa shape index (κ1) is 13.6. The van der Waals surface area contributed by atoms with Crippen molar-refractivity contribution in [2.75, 3.05) is 12.4 Å². The van der Waals surface area contributed by atoms with Crippen molar-refractivity contribution in [1.82, 2.24) is 0 Å². The Bertz CT molecular complexity index is 567. The SMILES string of the molecule is COc1ccccc1C(=O)Nc1ccc(CBr)cc1. The number of halogens is 1. The topological polar surface area (TPSA) is 38.3 Å². The lowest BCUT2D eigenvalue weighted by molar-refractivity contribution is 0.102. The molecule has 4 heteroatoms. The molecule has 0 radical (unpaired) electrons. The summed E-state index contributed by atoms with van der Waals surface area (Å²) in [5.41, 5.74) is 2.45. The largest absolute Gasteiger partial charge is 0.496 e. The normalized spacial score (nSPS) is 10.0. The van der Waals surface area contributed by atoms with E-state index in [4.69, 9.17) is 4.74 Å². The summed E-state index contributed by atoms with van der Waals surface area (Å²) < 4.78 is 5.17. The van der Waals surface area contributed by atoms with Crippen LogP contribution in [0.15, 0.2) is 48.5 Å². The van der Waals surface area contributed by atoms with Gasteiger partial charge in [0.15, 0.2) is 0 Å². The molecule has 0 heterocycles. The predicted molar refractivity (Wildman–Crippen MR) is 80.0 cm³/mol. The third kappa shape index (κ3) is 3.35. The minimum Gasteiger partial charge on any atom is -0.496 e. The molecule has 98 valence electrons. The number of hydrogen-bond acceptors (Lipinski definition) is 2. The molecule has 1 amide bonds. The Labute approximate surface area is 120 Å². The van der Waals surface area contributed by atoms with Crippen molar-refractivity contribution in [3.8, 4) is 5.75 Å². The number of methoxy groups -OCH3 is 1. The van der Waals surface area contributed by atoms with E-state index in [-0.39, 0.29) is 5.91 Å². The van der Waals surface area contributed by atoms with Crippen LogP contribution in [0.2, 0.25) is 0 Å². The van der Waals surface area contributed by atoms with Crippen molar-refractivity contribution in [2.45, 2.75) is 5.33 Å². The van der Waals surface area contributed by atoms with E-state index >= 15 is 0 Å². The van der Waals surface area contributed by atoms with Gasteiger partial charge in [0, 0.05) is 11.0 Å². The minimum atomic E-state index is -0.177. The fraction of sp³-hybridized carbons (Fsp3) is 0.133. The van der Waals surface area contributed by atoms with Gasteiger partial charge in [-0.3, -0.25) is 4.79 Å². The molecule has 3 nitrogen and oxygen atoms in total. The molecular formula is C15H14BrNO2. The highest BCUT2D eigenvalue weighted by molar-refractivity contribution is 9.08. The van der Waals surface area contributed by atoms with Crippen molar-refractivity contribution in [3.63, 3.8) is 0 Å². The Kier molecular flexibility index (Phi) is 4.58. The third-order valence-electron chi connectivity index (χ3n) is 2.72. The molecule has 0 aromatic heterocycles. The molecule has 19 heavy (non-hydrogen) atoms. The van der Waals surface area contributed by atoms with Crippen LogP contribution in [0.25, 0.3) is 0 Å². The standard InChI is InChI=1S/C15H14BrNO2/c1-19-14-5-3-2-4-13(14)15(18)17-12-8-6-11(10-16)7-9-12/h2-9H,10H2,1H3,(H,17,18). The predicted octanol–water partition coefficient (Wildman–Crippen LogP) is 3.84. The lowest BCUT2D eigenvalue weighted by Crippen LogP contribution is -2.13. The molecule has 0 spiro atoms. The average Bonchev–Trinajstić information content (AvgIpc) is 2.48. The van der Waals surface area contributed by atoms with E-state index in [1.807, 2.05) is 36.4 Å². The van der Waals surface area contributed by atoms with Gasteiger partial charge < -0.3 is 10.1 Å². The van der Waals surface area contributed by atoms with Crippen molar-refractivity contribution >= 4 is 27.5 Å². The highest BCUT2D eigenvalue weighted by Crippen LogP contribution is 2.19. The van der Waals surface area contributed by atoms with Gasteiger partial charge in [0.1, 0.15) is 5.75 Å². The fourth-order valence-electron chi connectivity index (χ4n) is 1.71. The maximum Gasteiger partial charge on any atom is 0.259 e. The van der Waals surface area contributed by atoms with Gasteiger partial charge in [-0.05, 0) is 29.8 Å². The molecule has 2 aromatic rings. The van der Waals surface area contributed by atoms with Crippen LogP contribution in [0, 0.1) is 0 Å². The summed E-state index contributed by atoms with van der Waals surface area (Å²) in [5.74, 6) is 0.390. The van der Waals surface area contributed by atoms with Gasteiger partial charge in [-0.2, -0.15) is 0 Å². The molecule has 0 unspecified atom stereocenters. The summed E-state index contributed by atoms with van der Waals surface area (Å²) in [4.78, 5) is 12.1. The van der Waals surface area contributed by atoms with E-state index in [2.05, 4.69) is 21.2 Å². The van der Waals surface area contributed by atoms with Gasteiger partial charge in [0.25, 0.3) is 5.91 Å². The summed E-state index contributed by atoms with van der Waals surface area (Å²) in [7, 11) is 1.55. The number of nitrogens with one attached hydrogen (secondary N) is 1. The van der Waals surface area contributed by atoms with Crippen LogP contribution in [0.1, 0.15) is 15.9 Å². The summed E-state index contributed by atoms with van der Waals surface area (Å²) in [6.45, 7) is 0. The number of ether oxygens (including phenoxy) is 1. The Morgan fingerprint density at radius 1 is 1.16 bits per heavy atom. The van der Waals surface area contributed by atoms with Gasteiger partial charge in [-0.15, -0.1) is 0 Å². The maximum absolute atomic E-state index is 12.1. The zero-order chi connectivity index (χ0) is 13.7. The molecular weight excluding hydrogens is 306 g/mol. The van der Waals surface area contributed by atoms with E-state index in [0.29, 0.717) is 11.3 Å². The maximum atomic E-state index is 12.1. The van der Waals surface area contributed by atoms with Gasteiger partial charge in [0.05, 0.1) is 12.7 Å². The number of carbonyl (C=O) groups excluding carboxylic acids is 1. The van der Waals surface area contributed by atoms with E-state index in [9.17, 15) is 4.79 Å². The highest BCUT2D eigenvalue weighted by atomic mass is 79.9. The average molecular weight is 320 g/mol. The number of alkyl halides is 1. The first-order valence-electron chi connectivity index (χ1n) is 5.84. The summed E-state index contributed by atoms with van der Waals surface area (Å²) >= 11 is 3.38. The van der Waals surface area contributed by atoms with Gasteiger partial charge in [-0.25, -0.2) is 0 Å². The first-order valence-corrected chi connectivity index (χ1v) is 6.96. The van der Waals surface area contributed by atoms with Crippen molar-refractivity contribution in [3.05, 3.63) is 59.7 Å². The Morgan fingerprint density at radius 2 is 1.84 bits per heavy atom. The lowest BCUT2D eigenvalue weighted by Gasteiger charge is -2.09. The molecule has 0 aliphatic rings. The van der Waals surface area contributed by atoms with Crippen LogP contribution in [-0.4, -0.2) is 13.0 Å². The number of amides is 1. The summed E-state index contributed by atoms with van der Waals surface area (Å²) in [6, 6.07) is 14.8. The van der Waals surface area contributed by atoms with E-state index in [1.54, 1.807) is 19.2 Å². The molecule has 0 bridgehead atoms. The van der Waals surface area contributed by atoms with Crippen LogP contribution in [-0.2, 0) is 5.33 Å². The van der Waals surface area contributed by atoms with Crippen molar-refractivity contribution < 1.29 is 9.53 Å². The van der Waals surface area contributed by atoms with Crippen molar-refractivity contribution in [1.29, 1.82) is 0 Å². The number of anilines is 1. The molecule has 0 atom stereocenters. The Morgan fingerprint density at radius 3 is 2.47 bits per heavy atom. The summed E-state index contributed by atoms with van der Waals surface area (Å²) in [5, 5.41) is 3.65. The minimum absolute atomic E-state index is 0.177. The molecule has 2 rings (SSSR count). The Balaban J connectivity index is 2.16. The molecule has 0 fully saturated rings. The quantitative estimate of drug-likeness (QED) is 0.869. The molecule has 1 N–H and O–H groups in total. The van der Waals surface area contributed by atoms with Gasteiger partial charge in [-0.1, -0.05) is 40.2 Å². The van der Waals surface area contributed by atoms with E-state index < -0.39 is 0 Å². The zero-order valence-electron chi connectivity index (χ0n) is 10.5. The van der Waals surface area contributed by atoms with E-state index in [1.165, 1.54) is 0 Å². The lowest BCUT2D eigenvalue weighted by atomic mass is 10.1. The number of benzene rings is 2. The molecule has 0 aliphatic heterocycles. The second-order valence-electron chi connectivity index (χ2n) is 3.98. The van der Waals surface area contributed by atoms with Gasteiger partial charge >= 0.3 is 0 Å². The number of hydrogen-bond donors (Lipinski definition) is 1. The van der Waals surface area contributed by atoms with Gasteiger partial charge in [0.2, 0.25) is 0 Å². The van der Waals surface area contributed by atoms with Crippen LogP contribution < -0.4 is 10.1 Å². The van der Waals surface area contributed by atoms with Crippen LogP contribution >= 0.6 is 15.9 Å². The fourth-order valence-corrected chi connectivity index (χ4v) is 2.08. The van der Waals surface area contributed by atoms with Crippen LogP contribution in [0.5, 0.6) is 5.75 Å². The number of carbonyl (C=O) groups is 1. The summed E-state index contributed by atoms with van der Waals surface area (Å²) in [6.07, 6.45) is 0. The highest BCUT2D eigenvalue weighted by Gasteiger charge is 2.11. The second kappa shape index (κ2) is 6.38. The molecule has 0 saturated heterocycles. The first-order chi connectivity index (χ1) is 9.24. The second-order valence-corrected chi connectivity index (χ2v) is 4.55. The monoisotopic (exact) mass is 319 g/mol. The van der Waals surface area contributed by atoms with E-state index in [0.717, 1.165) is 16.6 Å². The molecule has 0 aliphatic carbocycles. The smallest absolute Gasteiger partial charge is 0.259 e. The van der Waals surface area contributed by atoms with Crippen molar-refractivity contribution in [2.24, 2.45) is 0 Å². The molecule has 2 aromatic carbocycles. The number of para-hydroxylation sites is 1. The molecule has 0 saturated carbocycles. The third-order valence-corrected chi connectivity index (χ3v) is 3.37. The zero-order valence-corrected chi connectivity index (χ0v) is 12.1. The number of rotatable bonds is 4. The Hall–Kier alpha value is -1.81. The van der Waals surface area contributed by atoms with Crippen LogP contribution in [0.3, 0.4) is 0 Å². The van der Waals surface area contributed by atoms with Crippen LogP contribution in [0.4, 0.5) is 5.69 Å².